The summed E-state index contributed by atoms with van der Waals surface area (Å²) in [5, 5.41) is 3.47. The molecule has 1 aliphatic heterocycles. The standard InChI is InChI=1S/C11H22ClNO/c1-8(2)11(6-12)13-7-10-5-4-9(3)14-10/h8-11,13H,4-7H2,1-3H3. The van der Waals surface area contributed by atoms with E-state index in [1.807, 2.05) is 0 Å². The molecule has 1 fully saturated rings. The van der Waals surface area contributed by atoms with Gasteiger partial charge < -0.3 is 10.1 Å². The maximum Gasteiger partial charge on any atom is 0.0704 e. The van der Waals surface area contributed by atoms with Gasteiger partial charge in [0.05, 0.1) is 12.2 Å². The minimum Gasteiger partial charge on any atom is -0.374 e. The first-order valence-corrected chi connectivity index (χ1v) is 6.11. The highest BCUT2D eigenvalue weighted by Gasteiger charge is 2.22. The summed E-state index contributed by atoms with van der Waals surface area (Å²) in [6.07, 6.45) is 3.21. The second kappa shape index (κ2) is 5.94. The predicted octanol–water partition coefficient (Wildman–Crippen LogP) is 2.41. The number of rotatable bonds is 5. The molecule has 3 atom stereocenters. The van der Waals surface area contributed by atoms with Gasteiger partial charge in [0.25, 0.3) is 0 Å². The smallest absolute Gasteiger partial charge is 0.0704 e. The Morgan fingerprint density at radius 3 is 2.57 bits per heavy atom. The number of ether oxygens (including phenoxy) is 1. The van der Waals surface area contributed by atoms with Gasteiger partial charge in [0.1, 0.15) is 0 Å². The van der Waals surface area contributed by atoms with Gasteiger partial charge in [-0.2, -0.15) is 0 Å². The van der Waals surface area contributed by atoms with E-state index in [0.29, 0.717) is 30.0 Å². The summed E-state index contributed by atoms with van der Waals surface area (Å²) in [5.41, 5.74) is 0. The molecule has 0 aromatic heterocycles. The van der Waals surface area contributed by atoms with Gasteiger partial charge in [-0.1, -0.05) is 13.8 Å². The number of halogens is 1. The molecule has 0 aromatic rings. The fourth-order valence-corrected chi connectivity index (χ4v) is 2.25. The van der Waals surface area contributed by atoms with E-state index in [9.17, 15) is 0 Å². The number of hydrogen-bond acceptors (Lipinski definition) is 2. The SMILES string of the molecule is CC1CCC(CNC(CCl)C(C)C)O1. The van der Waals surface area contributed by atoms with Crippen molar-refractivity contribution in [3.8, 4) is 0 Å². The molecule has 1 aliphatic rings. The third-order valence-corrected chi connectivity index (χ3v) is 3.23. The topological polar surface area (TPSA) is 21.3 Å². The van der Waals surface area contributed by atoms with E-state index in [0.717, 1.165) is 6.54 Å². The lowest BCUT2D eigenvalue weighted by molar-refractivity contribution is 0.0538. The molecule has 0 amide bonds. The van der Waals surface area contributed by atoms with Crippen LogP contribution in [0.1, 0.15) is 33.6 Å². The van der Waals surface area contributed by atoms with Gasteiger partial charge in [0.15, 0.2) is 0 Å². The summed E-state index contributed by atoms with van der Waals surface area (Å²) in [7, 11) is 0. The van der Waals surface area contributed by atoms with Gasteiger partial charge in [-0.25, -0.2) is 0 Å². The molecular formula is C11H22ClNO. The average molecular weight is 220 g/mol. The lowest BCUT2D eigenvalue weighted by Gasteiger charge is -2.22. The minimum atomic E-state index is 0.398. The summed E-state index contributed by atoms with van der Waals surface area (Å²) in [6.45, 7) is 7.47. The van der Waals surface area contributed by atoms with Crippen LogP contribution >= 0.6 is 11.6 Å². The van der Waals surface area contributed by atoms with Gasteiger partial charge in [0, 0.05) is 18.5 Å². The molecule has 2 nitrogen and oxygen atoms in total. The first-order valence-electron chi connectivity index (χ1n) is 5.58. The molecule has 1 rings (SSSR count). The van der Waals surface area contributed by atoms with Crippen molar-refractivity contribution in [2.24, 2.45) is 5.92 Å². The maximum absolute atomic E-state index is 5.87. The van der Waals surface area contributed by atoms with Crippen LogP contribution in [0.25, 0.3) is 0 Å². The summed E-state index contributed by atoms with van der Waals surface area (Å²) in [6, 6.07) is 0.413. The zero-order valence-electron chi connectivity index (χ0n) is 9.42. The van der Waals surface area contributed by atoms with Crippen LogP contribution in [-0.4, -0.2) is 30.7 Å². The molecular weight excluding hydrogens is 198 g/mol. The molecule has 0 bridgehead atoms. The van der Waals surface area contributed by atoms with Crippen molar-refractivity contribution in [3.63, 3.8) is 0 Å². The van der Waals surface area contributed by atoms with Crippen LogP contribution in [0.4, 0.5) is 0 Å². The van der Waals surface area contributed by atoms with Gasteiger partial charge in [-0.15, -0.1) is 11.6 Å². The molecule has 84 valence electrons. The zero-order valence-corrected chi connectivity index (χ0v) is 10.2. The third kappa shape index (κ3) is 3.76. The normalized spacial score (nSPS) is 29.8. The van der Waals surface area contributed by atoms with Gasteiger partial charge in [-0.05, 0) is 25.7 Å². The van der Waals surface area contributed by atoms with Crippen molar-refractivity contribution >= 4 is 11.6 Å². The Morgan fingerprint density at radius 1 is 1.43 bits per heavy atom. The van der Waals surface area contributed by atoms with Crippen LogP contribution < -0.4 is 5.32 Å². The summed E-state index contributed by atoms with van der Waals surface area (Å²) >= 11 is 5.87. The van der Waals surface area contributed by atoms with Crippen molar-refractivity contribution in [3.05, 3.63) is 0 Å². The minimum absolute atomic E-state index is 0.398. The predicted molar refractivity (Wildman–Crippen MR) is 60.9 cm³/mol. The van der Waals surface area contributed by atoms with E-state index < -0.39 is 0 Å². The lowest BCUT2D eigenvalue weighted by Crippen LogP contribution is -2.40. The molecule has 0 spiro atoms. The molecule has 1 saturated heterocycles. The zero-order chi connectivity index (χ0) is 10.6. The number of nitrogens with one attached hydrogen (secondary N) is 1. The van der Waals surface area contributed by atoms with Crippen LogP contribution in [0, 0.1) is 5.92 Å². The molecule has 1 N–H and O–H groups in total. The lowest BCUT2D eigenvalue weighted by atomic mass is 10.1. The molecule has 14 heavy (non-hydrogen) atoms. The largest absolute Gasteiger partial charge is 0.374 e. The highest BCUT2D eigenvalue weighted by molar-refractivity contribution is 6.18. The molecule has 0 radical (unpaired) electrons. The quantitative estimate of drug-likeness (QED) is 0.718. The van der Waals surface area contributed by atoms with Crippen molar-refractivity contribution in [1.29, 1.82) is 0 Å². The number of hydrogen-bond donors (Lipinski definition) is 1. The van der Waals surface area contributed by atoms with Gasteiger partial charge in [0.2, 0.25) is 0 Å². The first kappa shape index (κ1) is 12.3. The van der Waals surface area contributed by atoms with Crippen LogP contribution in [-0.2, 0) is 4.74 Å². The Kier molecular flexibility index (Phi) is 5.21. The number of alkyl halides is 1. The fourth-order valence-electron chi connectivity index (χ4n) is 1.79. The van der Waals surface area contributed by atoms with E-state index in [4.69, 9.17) is 16.3 Å². The van der Waals surface area contributed by atoms with Crippen molar-refractivity contribution in [2.45, 2.75) is 51.9 Å². The maximum atomic E-state index is 5.87. The molecule has 0 saturated carbocycles. The van der Waals surface area contributed by atoms with Crippen molar-refractivity contribution in [2.75, 3.05) is 12.4 Å². The Balaban J connectivity index is 2.18. The van der Waals surface area contributed by atoms with Crippen LogP contribution in [0.3, 0.4) is 0 Å². The molecule has 3 unspecified atom stereocenters. The van der Waals surface area contributed by atoms with Crippen LogP contribution in [0.5, 0.6) is 0 Å². The highest BCUT2D eigenvalue weighted by Crippen LogP contribution is 2.18. The van der Waals surface area contributed by atoms with E-state index >= 15 is 0 Å². The Morgan fingerprint density at radius 2 is 2.14 bits per heavy atom. The summed E-state index contributed by atoms with van der Waals surface area (Å²) < 4.78 is 5.73. The summed E-state index contributed by atoms with van der Waals surface area (Å²) in [4.78, 5) is 0. The monoisotopic (exact) mass is 219 g/mol. The first-order chi connectivity index (χ1) is 6.63. The molecule has 0 aromatic carbocycles. The second-order valence-electron chi connectivity index (χ2n) is 4.56. The van der Waals surface area contributed by atoms with Gasteiger partial charge >= 0.3 is 0 Å². The van der Waals surface area contributed by atoms with Crippen LogP contribution in [0.15, 0.2) is 0 Å². The van der Waals surface area contributed by atoms with Crippen molar-refractivity contribution < 1.29 is 4.74 Å². The Labute approximate surface area is 92.3 Å². The highest BCUT2D eigenvalue weighted by atomic mass is 35.5. The van der Waals surface area contributed by atoms with E-state index in [1.165, 1.54) is 12.8 Å². The average Bonchev–Trinajstić information content (AvgIpc) is 2.52. The molecule has 0 aliphatic carbocycles. The van der Waals surface area contributed by atoms with Crippen molar-refractivity contribution in [1.82, 2.24) is 5.32 Å². The molecule has 3 heteroatoms. The van der Waals surface area contributed by atoms with Gasteiger partial charge in [-0.3, -0.25) is 0 Å². The Bertz CT molecular complexity index is 163. The summed E-state index contributed by atoms with van der Waals surface area (Å²) in [5.74, 6) is 1.27. The Hall–Kier alpha value is 0.210. The molecule has 1 heterocycles. The van der Waals surface area contributed by atoms with Crippen LogP contribution in [0.2, 0.25) is 0 Å². The van der Waals surface area contributed by atoms with E-state index in [-0.39, 0.29) is 0 Å². The second-order valence-corrected chi connectivity index (χ2v) is 4.87. The third-order valence-electron chi connectivity index (χ3n) is 2.90. The van der Waals surface area contributed by atoms with E-state index in [1.54, 1.807) is 0 Å². The fraction of sp³-hybridized carbons (Fsp3) is 1.00. The van der Waals surface area contributed by atoms with E-state index in [2.05, 4.69) is 26.1 Å².